The zero-order chi connectivity index (χ0) is 25.4. The lowest BCUT2D eigenvalue weighted by Crippen LogP contribution is -2.37. The van der Waals surface area contributed by atoms with Crippen molar-refractivity contribution in [2.45, 2.75) is 32.1 Å². The van der Waals surface area contributed by atoms with Crippen LogP contribution in [0, 0.1) is 6.92 Å². The number of nitrogens with two attached hydrogens (primary N) is 1. The molecule has 0 spiro atoms. The fraction of sp³-hybridized carbons (Fsp3) is 0.231. The van der Waals surface area contributed by atoms with Gasteiger partial charge in [-0.1, -0.05) is 6.07 Å². The number of aromatic nitrogens is 3. The third kappa shape index (κ3) is 4.53. The molecule has 1 aliphatic heterocycles. The third-order valence-electron chi connectivity index (χ3n) is 6.20. The Kier molecular flexibility index (Phi) is 5.95. The first-order chi connectivity index (χ1) is 17.2. The number of nitrogens with zero attached hydrogens (tertiary/aromatic N) is 4. The highest BCUT2D eigenvalue weighted by molar-refractivity contribution is 5.98. The van der Waals surface area contributed by atoms with Gasteiger partial charge >= 0.3 is 6.18 Å². The van der Waals surface area contributed by atoms with E-state index >= 15 is 0 Å². The van der Waals surface area contributed by atoms with E-state index in [0.29, 0.717) is 41.5 Å². The van der Waals surface area contributed by atoms with Gasteiger partial charge in [-0.15, -0.1) is 0 Å². The molecule has 1 amide bonds. The van der Waals surface area contributed by atoms with Crippen LogP contribution in [0.5, 0.6) is 5.88 Å². The number of fused-ring (bicyclic) bond motifs is 2. The molecule has 3 aromatic heterocycles. The Morgan fingerprint density at radius 2 is 2.00 bits per heavy atom. The van der Waals surface area contributed by atoms with E-state index in [-0.39, 0.29) is 12.5 Å². The Balaban J connectivity index is 1.54. The summed E-state index contributed by atoms with van der Waals surface area (Å²) in [6.45, 7) is 2.19. The Morgan fingerprint density at radius 1 is 1.17 bits per heavy atom. The molecule has 0 bridgehead atoms. The van der Waals surface area contributed by atoms with Crippen molar-refractivity contribution in [2.24, 2.45) is 0 Å². The van der Waals surface area contributed by atoms with Crippen LogP contribution in [0.3, 0.4) is 0 Å². The standard InChI is InChI=1S/C26H22F3N5O2/c1-15-11-17-12-16(4-7-21(17)33-23(15)30)25(35)34(14-19-6-5-18(13-32-19)26(27,28)29)22-8-10-36-24-20(22)3-2-9-31-24/h2-7,9,11-13,22H,8,10,14H2,1H3,(H2,30,33)/t22-/m1/s1. The summed E-state index contributed by atoms with van der Waals surface area (Å²) in [6.07, 6.45) is -1.61. The Morgan fingerprint density at radius 3 is 2.75 bits per heavy atom. The second-order valence-electron chi connectivity index (χ2n) is 8.62. The predicted molar refractivity (Wildman–Crippen MR) is 127 cm³/mol. The number of alkyl halides is 3. The number of ether oxygens (including phenoxy) is 1. The first-order valence-electron chi connectivity index (χ1n) is 11.3. The summed E-state index contributed by atoms with van der Waals surface area (Å²) in [5, 5.41) is 0.759. The average molecular weight is 493 g/mol. The van der Waals surface area contributed by atoms with Gasteiger partial charge < -0.3 is 15.4 Å². The number of anilines is 1. The van der Waals surface area contributed by atoms with Gasteiger partial charge in [0.1, 0.15) is 5.82 Å². The molecule has 0 saturated carbocycles. The molecule has 7 nitrogen and oxygen atoms in total. The first-order valence-corrected chi connectivity index (χ1v) is 11.3. The van der Waals surface area contributed by atoms with E-state index < -0.39 is 17.8 Å². The molecule has 0 fully saturated rings. The molecule has 10 heteroatoms. The molecule has 1 atom stereocenters. The maximum absolute atomic E-state index is 13.9. The summed E-state index contributed by atoms with van der Waals surface area (Å²) in [5.74, 6) is 0.554. The Bertz CT molecular complexity index is 1440. The minimum Gasteiger partial charge on any atom is -0.477 e. The number of carbonyl (C=O) groups is 1. The fourth-order valence-electron chi connectivity index (χ4n) is 4.30. The molecule has 0 saturated heterocycles. The van der Waals surface area contributed by atoms with Crippen molar-refractivity contribution < 1.29 is 22.7 Å². The zero-order valence-electron chi connectivity index (χ0n) is 19.3. The molecular weight excluding hydrogens is 471 g/mol. The third-order valence-corrected chi connectivity index (χ3v) is 6.20. The number of pyridine rings is 3. The van der Waals surface area contributed by atoms with Gasteiger partial charge in [-0.3, -0.25) is 9.78 Å². The van der Waals surface area contributed by atoms with Crippen LogP contribution in [0.1, 0.15) is 45.2 Å². The average Bonchev–Trinajstić information content (AvgIpc) is 2.87. The van der Waals surface area contributed by atoms with Crippen molar-refractivity contribution in [2.75, 3.05) is 12.3 Å². The molecule has 4 heterocycles. The monoisotopic (exact) mass is 493 g/mol. The molecule has 0 aliphatic carbocycles. The van der Waals surface area contributed by atoms with E-state index in [1.807, 2.05) is 19.1 Å². The molecular formula is C26H22F3N5O2. The summed E-state index contributed by atoms with van der Waals surface area (Å²) < 4.78 is 44.8. The van der Waals surface area contributed by atoms with Gasteiger partial charge in [0.15, 0.2) is 0 Å². The molecule has 1 aromatic carbocycles. The summed E-state index contributed by atoms with van der Waals surface area (Å²) in [6, 6.07) is 12.5. The van der Waals surface area contributed by atoms with E-state index in [2.05, 4.69) is 15.0 Å². The SMILES string of the molecule is Cc1cc2cc(C(=O)N(Cc3ccc(C(F)(F)F)cn3)[C@@H]3CCOc4ncccc43)ccc2nc1N. The normalized spacial score (nSPS) is 15.3. The number of hydrogen-bond acceptors (Lipinski definition) is 6. The molecule has 0 radical (unpaired) electrons. The highest BCUT2D eigenvalue weighted by Crippen LogP contribution is 2.36. The van der Waals surface area contributed by atoms with Crippen LogP contribution in [0.2, 0.25) is 0 Å². The van der Waals surface area contributed by atoms with Crippen LogP contribution in [0.25, 0.3) is 10.9 Å². The van der Waals surface area contributed by atoms with Crippen molar-refractivity contribution in [3.05, 3.63) is 88.9 Å². The summed E-state index contributed by atoms with van der Waals surface area (Å²) in [5.41, 5.74) is 8.00. The number of benzene rings is 1. The van der Waals surface area contributed by atoms with Crippen molar-refractivity contribution in [1.29, 1.82) is 0 Å². The maximum Gasteiger partial charge on any atom is 0.417 e. The number of amides is 1. The van der Waals surface area contributed by atoms with Gasteiger partial charge in [0.2, 0.25) is 5.88 Å². The van der Waals surface area contributed by atoms with Crippen LogP contribution in [0.4, 0.5) is 19.0 Å². The number of hydrogen-bond donors (Lipinski definition) is 1. The number of carbonyl (C=O) groups excluding carboxylic acids is 1. The summed E-state index contributed by atoms with van der Waals surface area (Å²) in [7, 11) is 0. The minimum atomic E-state index is -4.49. The molecule has 1 aliphatic rings. The second kappa shape index (κ2) is 9.10. The van der Waals surface area contributed by atoms with Gasteiger partial charge in [-0.05, 0) is 55.0 Å². The van der Waals surface area contributed by atoms with Crippen molar-refractivity contribution in [3.63, 3.8) is 0 Å². The van der Waals surface area contributed by atoms with Gasteiger partial charge in [0, 0.05) is 35.3 Å². The lowest BCUT2D eigenvalue weighted by atomic mass is 9.99. The van der Waals surface area contributed by atoms with Gasteiger partial charge in [0.25, 0.3) is 5.91 Å². The van der Waals surface area contributed by atoms with E-state index in [0.717, 1.165) is 28.8 Å². The Labute approximate surface area is 204 Å². The van der Waals surface area contributed by atoms with Gasteiger partial charge in [0.05, 0.1) is 36.0 Å². The highest BCUT2D eigenvalue weighted by Gasteiger charge is 2.33. The maximum atomic E-state index is 13.9. The topological polar surface area (TPSA) is 94.2 Å². The number of rotatable bonds is 4. The molecule has 4 aromatic rings. The molecule has 5 rings (SSSR count). The van der Waals surface area contributed by atoms with Crippen LogP contribution < -0.4 is 10.5 Å². The summed E-state index contributed by atoms with van der Waals surface area (Å²) >= 11 is 0. The molecule has 36 heavy (non-hydrogen) atoms. The van der Waals surface area contributed by atoms with Crippen LogP contribution in [-0.4, -0.2) is 32.4 Å². The quantitative estimate of drug-likeness (QED) is 0.425. The lowest BCUT2D eigenvalue weighted by Gasteiger charge is -2.35. The van der Waals surface area contributed by atoms with Crippen molar-refractivity contribution in [3.8, 4) is 5.88 Å². The zero-order valence-corrected chi connectivity index (χ0v) is 19.3. The van der Waals surface area contributed by atoms with Crippen LogP contribution >= 0.6 is 0 Å². The minimum absolute atomic E-state index is 0.00697. The summed E-state index contributed by atoms with van der Waals surface area (Å²) in [4.78, 5) is 28.1. The van der Waals surface area contributed by atoms with E-state index in [1.165, 1.54) is 6.07 Å². The predicted octanol–water partition coefficient (Wildman–Crippen LogP) is 5.10. The Hall–Kier alpha value is -4.21. The van der Waals surface area contributed by atoms with E-state index in [1.54, 1.807) is 35.4 Å². The van der Waals surface area contributed by atoms with E-state index in [9.17, 15) is 18.0 Å². The number of aryl methyl sites for hydroxylation is 1. The smallest absolute Gasteiger partial charge is 0.417 e. The number of halogens is 3. The molecule has 2 N–H and O–H groups in total. The lowest BCUT2D eigenvalue weighted by molar-refractivity contribution is -0.137. The van der Waals surface area contributed by atoms with Crippen molar-refractivity contribution >= 4 is 22.6 Å². The van der Waals surface area contributed by atoms with Gasteiger partial charge in [-0.25, -0.2) is 9.97 Å². The first kappa shape index (κ1) is 23.5. The van der Waals surface area contributed by atoms with E-state index in [4.69, 9.17) is 10.5 Å². The largest absolute Gasteiger partial charge is 0.477 e. The van der Waals surface area contributed by atoms with Crippen molar-refractivity contribution in [1.82, 2.24) is 19.9 Å². The molecule has 0 unspecified atom stereocenters. The molecule has 184 valence electrons. The van der Waals surface area contributed by atoms with Crippen LogP contribution in [0.15, 0.2) is 60.9 Å². The second-order valence-corrected chi connectivity index (χ2v) is 8.62. The van der Waals surface area contributed by atoms with Crippen LogP contribution in [-0.2, 0) is 12.7 Å². The fourth-order valence-corrected chi connectivity index (χ4v) is 4.30. The number of nitrogen functional groups attached to an aromatic ring is 1. The highest BCUT2D eigenvalue weighted by atomic mass is 19.4. The van der Waals surface area contributed by atoms with Gasteiger partial charge in [-0.2, -0.15) is 13.2 Å².